The van der Waals surface area contributed by atoms with Crippen molar-refractivity contribution in [2.45, 2.75) is 62.7 Å². The van der Waals surface area contributed by atoms with Gasteiger partial charge in [-0.1, -0.05) is 6.42 Å². The summed E-state index contributed by atoms with van der Waals surface area (Å²) in [7, 11) is 0. The normalized spacial score (nSPS) is 36.7. The molecule has 0 aromatic carbocycles. The summed E-state index contributed by atoms with van der Waals surface area (Å²) in [5.74, 6) is 0. The van der Waals surface area contributed by atoms with Crippen LogP contribution >= 0.6 is 0 Å². The lowest BCUT2D eigenvalue weighted by Crippen LogP contribution is -2.74. The fraction of sp³-hybridized carbons (Fsp3) is 1.00. The van der Waals surface area contributed by atoms with E-state index in [1.165, 1.54) is 45.1 Å². The zero-order valence-corrected chi connectivity index (χ0v) is 10.7. The molecule has 2 N–H and O–H groups in total. The van der Waals surface area contributed by atoms with E-state index in [2.05, 4.69) is 10.6 Å². The van der Waals surface area contributed by atoms with Crippen molar-refractivity contribution in [3.63, 3.8) is 0 Å². The predicted octanol–water partition coefficient (Wildman–Crippen LogP) is 1.78. The minimum absolute atomic E-state index is 0.0203. The Morgan fingerprint density at radius 3 is 2.06 bits per heavy atom. The van der Waals surface area contributed by atoms with Gasteiger partial charge in [-0.25, -0.2) is 0 Å². The predicted molar refractivity (Wildman–Crippen MR) is 66.8 cm³/mol. The van der Waals surface area contributed by atoms with Crippen molar-refractivity contribution in [1.82, 2.24) is 10.6 Å². The van der Waals surface area contributed by atoms with E-state index in [1.54, 1.807) is 0 Å². The fourth-order valence-corrected chi connectivity index (χ4v) is 4.49. The largest absolute Gasteiger partial charge is 0.353 e. The van der Waals surface area contributed by atoms with E-state index < -0.39 is 0 Å². The molecular weight excluding hydrogens is 212 g/mol. The SMILES string of the molecule is C1CC2(C1)CNC1(CCNCC1)OC21CCC1. The highest BCUT2D eigenvalue weighted by molar-refractivity contribution is 5.14. The van der Waals surface area contributed by atoms with Crippen LogP contribution in [-0.2, 0) is 4.74 Å². The first-order valence-electron chi connectivity index (χ1n) is 7.44. The molecular formula is C14H24N2O. The van der Waals surface area contributed by atoms with Gasteiger partial charge in [0.2, 0.25) is 0 Å². The maximum Gasteiger partial charge on any atom is 0.122 e. The van der Waals surface area contributed by atoms with Crippen LogP contribution in [0.5, 0.6) is 0 Å². The topological polar surface area (TPSA) is 33.3 Å². The van der Waals surface area contributed by atoms with E-state index in [4.69, 9.17) is 4.74 Å². The minimum Gasteiger partial charge on any atom is -0.353 e. The van der Waals surface area contributed by atoms with E-state index in [0.29, 0.717) is 5.41 Å². The van der Waals surface area contributed by atoms with Crippen LogP contribution in [0.3, 0.4) is 0 Å². The molecule has 3 heteroatoms. The third-order valence-corrected chi connectivity index (χ3v) is 5.99. The zero-order chi connectivity index (χ0) is 11.4. The minimum atomic E-state index is 0.0203. The summed E-state index contributed by atoms with van der Waals surface area (Å²) in [4.78, 5) is 0. The number of piperidine rings is 1. The summed E-state index contributed by atoms with van der Waals surface area (Å²) in [6.07, 6.45) is 10.5. The Hall–Kier alpha value is -0.120. The average Bonchev–Trinajstić information content (AvgIpc) is 2.26. The van der Waals surface area contributed by atoms with Crippen molar-refractivity contribution >= 4 is 0 Å². The first kappa shape index (κ1) is 10.8. The molecule has 2 aliphatic heterocycles. The maximum absolute atomic E-state index is 6.75. The lowest BCUT2D eigenvalue weighted by atomic mass is 9.51. The maximum atomic E-state index is 6.75. The Bertz CT molecular complexity index is 314. The van der Waals surface area contributed by atoms with Crippen molar-refractivity contribution < 1.29 is 4.74 Å². The van der Waals surface area contributed by atoms with Gasteiger partial charge in [0.1, 0.15) is 5.72 Å². The van der Waals surface area contributed by atoms with Gasteiger partial charge in [0.15, 0.2) is 0 Å². The van der Waals surface area contributed by atoms with Crippen LogP contribution in [0.4, 0.5) is 0 Å². The zero-order valence-electron chi connectivity index (χ0n) is 10.7. The third-order valence-electron chi connectivity index (χ3n) is 5.99. The Balaban J connectivity index is 1.60. The highest BCUT2D eigenvalue weighted by Crippen LogP contribution is 2.62. The molecule has 0 aromatic rings. The van der Waals surface area contributed by atoms with Gasteiger partial charge < -0.3 is 10.1 Å². The Kier molecular flexibility index (Phi) is 2.19. The van der Waals surface area contributed by atoms with Crippen LogP contribution in [0.15, 0.2) is 0 Å². The number of nitrogens with one attached hydrogen (secondary N) is 2. The lowest BCUT2D eigenvalue weighted by Gasteiger charge is -2.67. The van der Waals surface area contributed by atoms with Gasteiger partial charge in [0, 0.05) is 24.8 Å². The van der Waals surface area contributed by atoms with E-state index in [9.17, 15) is 0 Å². The summed E-state index contributed by atoms with van der Waals surface area (Å²) >= 11 is 0. The number of hydrogen-bond acceptors (Lipinski definition) is 3. The van der Waals surface area contributed by atoms with Gasteiger partial charge in [-0.2, -0.15) is 0 Å². The molecule has 2 saturated heterocycles. The summed E-state index contributed by atoms with van der Waals surface area (Å²) in [6, 6.07) is 0. The van der Waals surface area contributed by atoms with Crippen LogP contribution in [0, 0.1) is 5.41 Å². The number of ether oxygens (including phenoxy) is 1. The summed E-state index contributed by atoms with van der Waals surface area (Å²) < 4.78 is 6.75. The smallest absolute Gasteiger partial charge is 0.122 e. The van der Waals surface area contributed by atoms with Crippen LogP contribution in [0.1, 0.15) is 51.4 Å². The van der Waals surface area contributed by atoms with Gasteiger partial charge in [0.05, 0.1) is 5.60 Å². The highest BCUT2D eigenvalue weighted by Gasteiger charge is 2.63. The van der Waals surface area contributed by atoms with Crippen LogP contribution in [0.2, 0.25) is 0 Å². The number of rotatable bonds is 0. The van der Waals surface area contributed by atoms with E-state index in [-0.39, 0.29) is 11.3 Å². The molecule has 17 heavy (non-hydrogen) atoms. The Morgan fingerprint density at radius 1 is 0.824 bits per heavy atom. The Labute approximate surface area is 104 Å². The molecule has 0 atom stereocenters. The highest BCUT2D eigenvalue weighted by atomic mass is 16.5. The fourth-order valence-electron chi connectivity index (χ4n) is 4.49. The molecule has 4 rings (SSSR count). The standard InChI is InChI=1S/C14H24N2O/c1-3-12(4-1)11-16-14(7-9-15-10-8-14)17-13(12)5-2-6-13/h15-16H,1-11H2. The molecule has 4 aliphatic rings. The van der Waals surface area contributed by atoms with Gasteiger partial charge in [-0.3, -0.25) is 5.32 Å². The van der Waals surface area contributed by atoms with Crippen LogP contribution in [0.25, 0.3) is 0 Å². The first-order chi connectivity index (χ1) is 8.29. The first-order valence-corrected chi connectivity index (χ1v) is 7.44. The molecule has 0 amide bonds. The van der Waals surface area contributed by atoms with Gasteiger partial charge >= 0.3 is 0 Å². The molecule has 4 fully saturated rings. The molecule has 0 radical (unpaired) electrons. The molecule has 3 spiro atoms. The number of hydrogen-bond donors (Lipinski definition) is 2. The average molecular weight is 236 g/mol. The van der Waals surface area contributed by atoms with Gasteiger partial charge in [0.25, 0.3) is 0 Å². The summed E-state index contributed by atoms with van der Waals surface area (Å²) in [6.45, 7) is 3.43. The molecule has 2 saturated carbocycles. The monoisotopic (exact) mass is 236 g/mol. The molecule has 2 aliphatic carbocycles. The van der Waals surface area contributed by atoms with E-state index >= 15 is 0 Å². The van der Waals surface area contributed by atoms with Crippen LogP contribution in [-0.4, -0.2) is 31.0 Å². The molecule has 2 heterocycles. The van der Waals surface area contributed by atoms with Crippen molar-refractivity contribution in [2.24, 2.45) is 5.41 Å². The third kappa shape index (κ3) is 1.33. The van der Waals surface area contributed by atoms with Crippen molar-refractivity contribution in [3.05, 3.63) is 0 Å². The molecule has 0 bridgehead atoms. The molecule has 0 aromatic heterocycles. The lowest BCUT2D eigenvalue weighted by molar-refractivity contribution is -0.311. The summed E-state index contributed by atoms with van der Waals surface area (Å²) in [5, 5.41) is 7.24. The van der Waals surface area contributed by atoms with E-state index in [1.807, 2.05) is 0 Å². The van der Waals surface area contributed by atoms with Crippen molar-refractivity contribution in [3.8, 4) is 0 Å². The molecule has 3 nitrogen and oxygen atoms in total. The summed E-state index contributed by atoms with van der Waals surface area (Å²) in [5.41, 5.74) is 0.807. The van der Waals surface area contributed by atoms with E-state index in [0.717, 1.165) is 25.9 Å². The van der Waals surface area contributed by atoms with Gasteiger partial charge in [-0.05, 0) is 45.2 Å². The van der Waals surface area contributed by atoms with Crippen LogP contribution < -0.4 is 10.6 Å². The molecule has 0 unspecified atom stereocenters. The van der Waals surface area contributed by atoms with Crippen molar-refractivity contribution in [1.29, 1.82) is 0 Å². The number of fused-ring (bicyclic) bond motifs is 1. The molecule has 96 valence electrons. The second-order valence-electron chi connectivity index (χ2n) is 6.68. The van der Waals surface area contributed by atoms with Gasteiger partial charge in [-0.15, -0.1) is 0 Å². The second-order valence-corrected chi connectivity index (χ2v) is 6.68. The Morgan fingerprint density at radius 2 is 1.53 bits per heavy atom. The quantitative estimate of drug-likeness (QED) is 0.672. The van der Waals surface area contributed by atoms with Crippen molar-refractivity contribution in [2.75, 3.05) is 19.6 Å². The second kappa shape index (κ2) is 3.46.